The van der Waals surface area contributed by atoms with E-state index in [0.29, 0.717) is 5.92 Å². The van der Waals surface area contributed by atoms with E-state index in [1.54, 1.807) is 0 Å². The van der Waals surface area contributed by atoms with Crippen LogP contribution in [0.3, 0.4) is 0 Å². The summed E-state index contributed by atoms with van der Waals surface area (Å²) >= 11 is 5.93. The number of anilines is 1. The van der Waals surface area contributed by atoms with Gasteiger partial charge in [-0.3, -0.25) is 4.98 Å². The number of piperidine rings is 1. The van der Waals surface area contributed by atoms with Crippen molar-refractivity contribution in [2.75, 3.05) is 23.9 Å². The molecule has 1 aromatic heterocycles. The molecule has 1 fully saturated rings. The Morgan fingerprint density at radius 3 is 2.94 bits per heavy atom. The molecule has 0 bridgehead atoms. The van der Waals surface area contributed by atoms with Crippen molar-refractivity contribution in [3.63, 3.8) is 0 Å². The van der Waals surface area contributed by atoms with Crippen LogP contribution in [0.5, 0.6) is 0 Å². The van der Waals surface area contributed by atoms with Crippen molar-refractivity contribution in [2.24, 2.45) is 5.92 Å². The van der Waals surface area contributed by atoms with Gasteiger partial charge in [0.25, 0.3) is 0 Å². The maximum atomic E-state index is 5.93. The SMILES string of the molecule is Cc1ncc(N2CCCC(CCl)C2)nc1C. The number of alkyl halides is 1. The molecule has 0 radical (unpaired) electrons. The fraction of sp³-hybridized carbons (Fsp3) is 0.667. The first-order valence-corrected chi connectivity index (χ1v) is 6.35. The van der Waals surface area contributed by atoms with Gasteiger partial charge >= 0.3 is 0 Å². The molecule has 1 unspecified atom stereocenters. The molecule has 2 heterocycles. The van der Waals surface area contributed by atoms with E-state index in [2.05, 4.69) is 14.9 Å². The van der Waals surface area contributed by atoms with Gasteiger partial charge in [-0.25, -0.2) is 4.98 Å². The van der Waals surface area contributed by atoms with Crippen molar-refractivity contribution < 1.29 is 0 Å². The summed E-state index contributed by atoms with van der Waals surface area (Å²) in [6.45, 7) is 6.09. The monoisotopic (exact) mass is 239 g/mol. The first kappa shape index (κ1) is 11.6. The van der Waals surface area contributed by atoms with Crippen LogP contribution in [-0.4, -0.2) is 28.9 Å². The smallest absolute Gasteiger partial charge is 0.147 e. The number of aryl methyl sites for hydroxylation is 2. The van der Waals surface area contributed by atoms with Crippen molar-refractivity contribution in [3.8, 4) is 0 Å². The Kier molecular flexibility index (Phi) is 3.64. The lowest BCUT2D eigenvalue weighted by atomic mass is 10.0. The Morgan fingerprint density at radius 1 is 1.44 bits per heavy atom. The predicted octanol–water partition coefficient (Wildman–Crippen LogP) is 2.55. The Labute approximate surface area is 102 Å². The Hall–Kier alpha value is -0.830. The molecule has 1 saturated heterocycles. The second-order valence-electron chi connectivity index (χ2n) is 4.51. The minimum atomic E-state index is 0.596. The summed E-state index contributed by atoms with van der Waals surface area (Å²) < 4.78 is 0. The Morgan fingerprint density at radius 2 is 2.25 bits per heavy atom. The molecule has 2 rings (SSSR count). The van der Waals surface area contributed by atoms with Gasteiger partial charge in [-0.2, -0.15) is 0 Å². The number of rotatable bonds is 2. The van der Waals surface area contributed by atoms with Crippen molar-refractivity contribution >= 4 is 17.4 Å². The maximum absolute atomic E-state index is 5.93. The molecular formula is C12H18ClN3. The summed E-state index contributed by atoms with van der Waals surface area (Å²) in [5, 5.41) is 0. The molecule has 1 aliphatic heterocycles. The zero-order valence-corrected chi connectivity index (χ0v) is 10.7. The van der Waals surface area contributed by atoms with Gasteiger partial charge in [0.2, 0.25) is 0 Å². The minimum absolute atomic E-state index is 0.596. The summed E-state index contributed by atoms with van der Waals surface area (Å²) in [7, 11) is 0. The number of halogens is 1. The zero-order valence-electron chi connectivity index (χ0n) is 9.91. The molecule has 16 heavy (non-hydrogen) atoms. The largest absolute Gasteiger partial charge is 0.355 e. The molecule has 3 nitrogen and oxygen atoms in total. The molecule has 88 valence electrons. The van der Waals surface area contributed by atoms with E-state index in [0.717, 1.165) is 36.2 Å². The molecule has 0 saturated carbocycles. The lowest BCUT2D eigenvalue weighted by molar-refractivity contribution is 0.448. The van der Waals surface area contributed by atoms with Crippen LogP contribution in [0.2, 0.25) is 0 Å². The van der Waals surface area contributed by atoms with Crippen LogP contribution in [0.25, 0.3) is 0 Å². The highest BCUT2D eigenvalue weighted by Crippen LogP contribution is 2.22. The van der Waals surface area contributed by atoms with Gasteiger partial charge in [0, 0.05) is 19.0 Å². The van der Waals surface area contributed by atoms with Crippen LogP contribution >= 0.6 is 11.6 Å². The topological polar surface area (TPSA) is 29.0 Å². The lowest BCUT2D eigenvalue weighted by Crippen LogP contribution is -2.36. The number of hydrogen-bond donors (Lipinski definition) is 0. The molecule has 0 aliphatic carbocycles. The Balaban J connectivity index is 2.13. The van der Waals surface area contributed by atoms with Gasteiger partial charge in [0.15, 0.2) is 0 Å². The van der Waals surface area contributed by atoms with E-state index in [1.165, 1.54) is 12.8 Å². The predicted molar refractivity (Wildman–Crippen MR) is 67.2 cm³/mol. The van der Waals surface area contributed by atoms with E-state index in [-0.39, 0.29) is 0 Å². The molecule has 0 aromatic carbocycles. The van der Waals surface area contributed by atoms with Crippen molar-refractivity contribution in [1.29, 1.82) is 0 Å². The van der Waals surface area contributed by atoms with E-state index < -0.39 is 0 Å². The highest BCUT2D eigenvalue weighted by atomic mass is 35.5. The molecular weight excluding hydrogens is 222 g/mol. The summed E-state index contributed by atoms with van der Waals surface area (Å²) in [5.41, 5.74) is 2.03. The molecule has 0 spiro atoms. The van der Waals surface area contributed by atoms with E-state index >= 15 is 0 Å². The van der Waals surface area contributed by atoms with Gasteiger partial charge in [0.1, 0.15) is 5.82 Å². The summed E-state index contributed by atoms with van der Waals surface area (Å²) in [4.78, 5) is 11.3. The summed E-state index contributed by atoms with van der Waals surface area (Å²) in [5.74, 6) is 2.34. The van der Waals surface area contributed by atoms with Crippen molar-refractivity contribution in [2.45, 2.75) is 26.7 Å². The van der Waals surface area contributed by atoms with E-state index in [1.807, 2.05) is 20.0 Å². The minimum Gasteiger partial charge on any atom is -0.355 e. The van der Waals surface area contributed by atoms with Crippen LogP contribution in [0.1, 0.15) is 24.2 Å². The van der Waals surface area contributed by atoms with E-state index in [9.17, 15) is 0 Å². The van der Waals surface area contributed by atoms with Gasteiger partial charge in [-0.1, -0.05) is 0 Å². The first-order valence-electron chi connectivity index (χ1n) is 5.82. The summed E-state index contributed by atoms with van der Waals surface area (Å²) in [6.07, 6.45) is 4.31. The lowest BCUT2D eigenvalue weighted by Gasteiger charge is -2.32. The average Bonchev–Trinajstić information content (AvgIpc) is 2.33. The molecule has 1 aliphatic rings. The van der Waals surface area contributed by atoms with Gasteiger partial charge < -0.3 is 4.90 Å². The number of hydrogen-bond acceptors (Lipinski definition) is 3. The summed E-state index contributed by atoms with van der Waals surface area (Å²) in [6, 6.07) is 0. The maximum Gasteiger partial charge on any atom is 0.147 e. The fourth-order valence-corrected chi connectivity index (χ4v) is 2.33. The highest BCUT2D eigenvalue weighted by Gasteiger charge is 2.20. The number of nitrogens with zero attached hydrogens (tertiary/aromatic N) is 3. The molecule has 0 amide bonds. The van der Waals surface area contributed by atoms with Gasteiger partial charge in [-0.05, 0) is 32.6 Å². The van der Waals surface area contributed by atoms with Gasteiger partial charge in [0.05, 0.1) is 17.6 Å². The molecule has 1 atom stereocenters. The van der Waals surface area contributed by atoms with Crippen molar-refractivity contribution in [3.05, 3.63) is 17.6 Å². The van der Waals surface area contributed by atoms with Crippen LogP contribution in [0, 0.1) is 19.8 Å². The zero-order chi connectivity index (χ0) is 11.5. The van der Waals surface area contributed by atoms with Crippen molar-refractivity contribution in [1.82, 2.24) is 9.97 Å². The molecule has 4 heteroatoms. The van der Waals surface area contributed by atoms with Crippen LogP contribution in [0.4, 0.5) is 5.82 Å². The highest BCUT2D eigenvalue weighted by molar-refractivity contribution is 6.18. The second kappa shape index (κ2) is 5.00. The van der Waals surface area contributed by atoms with Crippen LogP contribution in [-0.2, 0) is 0 Å². The molecule has 0 N–H and O–H groups in total. The van der Waals surface area contributed by atoms with Gasteiger partial charge in [-0.15, -0.1) is 11.6 Å². The van der Waals surface area contributed by atoms with Crippen LogP contribution in [0.15, 0.2) is 6.20 Å². The normalized spacial score (nSPS) is 21.2. The third kappa shape index (κ3) is 2.46. The average molecular weight is 240 g/mol. The van der Waals surface area contributed by atoms with E-state index in [4.69, 9.17) is 11.6 Å². The quantitative estimate of drug-likeness (QED) is 0.743. The second-order valence-corrected chi connectivity index (χ2v) is 4.82. The fourth-order valence-electron chi connectivity index (χ4n) is 2.08. The van der Waals surface area contributed by atoms with Crippen LogP contribution < -0.4 is 4.90 Å². The third-order valence-electron chi connectivity index (χ3n) is 3.24. The first-order chi connectivity index (χ1) is 7.70. The number of aromatic nitrogens is 2. The Bertz CT molecular complexity index is 367. The third-order valence-corrected chi connectivity index (χ3v) is 3.68. The molecule has 1 aromatic rings. The standard InChI is InChI=1S/C12H18ClN3/c1-9-10(2)15-12(7-14-9)16-5-3-4-11(6-13)8-16/h7,11H,3-6,8H2,1-2H3.